The predicted octanol–water partition coefficient (Wildman–Crippen LogP) is 4.06. The average Bonchev–Trinajstić information content (AvgIpc) is 2.03. The van der Waals surface area contributed by atoms with Crippen LogP contribution >= 0.6 is 0 Å². The highest BCUT2D eigenvalue weighted by Crippen LogP contribution is 2.23. The van der Waals surface area contributed by atoms with Crippen molar-refractivity contribution in [2.75, 3.05) is 0 Å². The van der Waals surface area contributed by atoms with E-state index in [0.717, 1.165) is 18.3 Å². The third kappa shape index (κ3) is 4.44. The molecule has 0 aromatic carbocycles. The minimum absolute atomic E-state index is 0.863. The van der Waals surface area contributed by atoms with Gasteiger partial charge in [-0.15, -0.1) is 0 Å². The quantitative estimate of drug-likeness (QED) is 0.542. The molecule has 0 nitrogen and oxygen atoms in total. The van der Waals surface area contributed by atoms with Gasteiger partial charge in [0.2, 0.25) is 0 Å². The molecule has 1 radical (unpaired) electrons. The molecule has 0 N–H and O–H groups in total. The van der Waals surface area contributed by atoms with E-state index < -0.39 is 0 Å². The summed E-state index contributed by atoms with van der Waals surface area (Å²) in [7, 11) is 0. The molecule has 0 fully saturated rings. The number of unbranched alkanes of at least 4 members (excludes halogenated alkanes) is 1. The normalized spacial score (nSPS) is 13.9. The molecule has 0 aliphatic carbocycles. The fourth-order valence-corrected chi connectivity index (χ4v) is 1.65. The maximum absolute atomic E-state index is 3.99. The number of rotatable bonds is 6. The van der Waals surface area contributed by atoms with Crippen LogP contribution in [0.3, 0.4) is 0 Å². The fourth-order valence-electron chi connectivity index (χ4n) is 1.65. The molecular weight excluding hydrogens is 132 g/mol. The van der Waals surface area contributed by atoms with Crippen molar-refractivity contribution in [1.82, 2.24) is 0 Å². The SMILES string of the molecule is [CH2]CC(CC)C(C)CCCC. The van der Waals surface area contributed by atoms with Crippen molar-refractivity contribution in [3.8, 4) is 0 Å². The molecule has 0 rings (SSSR count). The molecule has 0 heterocycles. The lowest BCUT2D eigenvalue weighted by Gasteiger charge is -2.20. The van der Waals surface area contributed by atoms with Gasteiger partial charge in [0.05, 0.1) is 0 Å². The minimum atomic E-state index is 0.863. The van der Waals surface area contributed by atoms with Gasteiger partial charge in [0.1, 0.15) is 0 Å². The standard InChI is InChI=1S/C11H23/c1-5-8-9-10(4)11(6-2)7-3/h10-11H,2,5-9H2,1,3-4H3. The summed E-state index contributed by atoms with van der Waals surface area (Å²) >= 11 is 0. The van der Waals surface area contributed by atoms with Gasteiger partial charge in [0, 0.05) is 0 Å². The molecule has 0 amide bonds. The van der Waals surface area contributed by atoms with Crippen molar-refractivity contribution >= 4 is 0 Å². The van der Waals surface area contributed by atoms with Gasteiger partial charge in [0.25, 0.3) is 0 Å². The Bertz CT molecular complexity index is 72.1. The van der Waals surface area contributed by atoms with Gasteiger partial charge in [-0.2, -0.15) is 0 Å². The first kappa shape index (κ1) is 11.0. The third-order valence-electron chi connectivity index (χ3n) is 2.71. The van der Waals surface area contributed by atoms with Crippen LogP contribution < -0.4 is 0 Å². The summed E-state index contributed by atoms with van der Waals surface area (Å²) < 4.78 is 0. The highest BCUT2D eigenvalue weighted by Gasteiger charge is 2.11. The Hall–Kier alpha value is 0. The molecule has 0 saturated carbocycles. The van der Waals surface area contributed by atoms with E-state index in [4.69, 9.17) is 0 Å². The number of hydrogen-bond acceptors (Lipinski definition) is 0. The summed E-state index contributed by atoms with van der Waals surface area (Å²) in [4.78, 5) is 0. The lowest BCUT2D eigenvalue weighted by Crippen LogP contribution is -2.09. The zero-order valence-corrected chi connectivity index (χ0v) is 8.40. The van der Waals surface area contributed by atoms with Crippen molar-refractivity contribution in [2.24, 2.45) is 11.8 Å². The van der Waals surface area contributed by atoms with Crippen LogP contribution in [0.25, 0.3) is 0 Å². The van der Waals surface area contributed by atoms with Gasteiger partial charge in [-0.1, -0.05) is 59.8 Å². The zero-order valence-electron chi connectivity index (χ0n) is 8.40. The summed E-state index contributed by atoms with van der Waals surface area (Å²) in [5.74, 6) is 1.75. The van der Waals surface area contributed by atoms with E-state index in [1.807, 2.05) is 0 Å². The molecule has 2 atom stereocenters. The van der Waals surface area contributed by atoms with Crippen molar-refractivity contribution in [3.63, 3.8) is 0 Å². The summed E-state index contributed by atoms with van der Waals surface area (Å²) in [6.45, 7) is 10.9. The highest BCUT2D eigenvalue weighted by atomic mass is 14.2. The first-order chi connectivity index (χ1) is 5.26. The summed E-state index contributed by atoms with van der Waals surface area (Å²) in [6, 6.07) is 0. The van der Waals surface area contributed by atoms with Crippen LogP contribution in [-0.4, -0.2) is 0 Å². The van der Waals surface area contributed by atoms with E-state index in [-0.39, 0.29) is 0 Å². The van der Waals surface area contributed by atoms with Gasteiger partial charge in [-0.3, -0.25) is 0 Å². The number of hydrogen-bond donors (Lipinski definition) is 0. The maximum atomic E-state index is 3.99. The molecule has 0 aliphatic rings. The summed E-state index contributed by atoms with van der Waals surface area (Å²) in [5.41, 5.74) is 0. The van der Waals surface area contributed by atoms with Crippen LogP contribution in [0.4, 0.5) is 0 Å². The van der Waals surface area contributed by atoms with Crippen LogP contribution in [-0.2, 0) is 0 Å². The molecule has 0 saturated heterocycles. The van der Waals surface area contributed by atoms with E-state index in [2.05, 4.69) is 27.7 Å². The Balaban J connectivity index is 3.51. The van der Waals surface area contributed by atoms with E-state index >= 15 is 0 Å². The molecule has 0 bridgehead atoms. The van der Waals surface area contributed by atoms with Gasteiger partial charge in [-0.05, 0) is 11.8 Å². The highest BCUT2D eigenvalue weighted by molar-refractivity contribution is 4.65. The Morgan fingerprint density at radius 1 is 1.27 bits per heavy atom. The second kappa shape index (κ2) is 6.69. The van der Waals surface area contributed by atoms with E-state index in [1.165, 1.54) is 25.7 Å². The van der Waals surface area contributed by atoms with Crippen molar-refractivity contribution in [2.45, 2.75) is 52.9 Å². The van der Waals surface area contributed by atoms with Crippen LogP contribution in [0.5, 0.6) is 0 Å². The Kier molecular flexibility index (Phi) is 6.69. The zero-order chi connectivity index (χ0) is 8.69. The molecule has 11 heavy (non-hydrogen) atoms. The van der Waals surface area contributed by atoms with Gasteiger partial charge < -0.3 is 0 Å². The van der Waals surface area contributed by atoms with E-state index in [1.54, 1.807) is 0 Å². The maximum Gasteiger partial charge on any atom is -0.0391 e. The van der Waals surface area contributed by atoms with Crippen LogP contribution in [0, 0.1) is 18.8 Å². The molecular formula is C11H23. The topological polar surface area (TPSA) is 0 Å². The van der Waals surface area contributed by atoms with Crippen LogP contribution in [0.15, 0.2) is 0 Å². The predicted molar refractivity (Wildman–Crippen MR) is 52.4 cm³/mol. The average molecular weight is 155 g/mol. The third-order valence-corrected chi connectivity index (χ3v) is 2.71. The lowest BCUT2D eigenvalue weighted by atomic mass is 9.86. The first-order valence-corrected chi connectivity index (χ1v) is 5.05. The van der Waals surface area contributed by atoms with E-state index in [0.29, 0.717) is 0 Å². The molecule has 67 valence electrons. The van der Waals surface area contributed by atoms with E-state index in [9.17, 15) is 0 Å². The van der Waals surface area contributed by atoms with Crippen molar-refractivity contribution in [1.29, 1.82) is 0 Å². The molecule has 0 aromatic heterocycles. The first-order valence-electron chi connectivity index (χ1n) is 5.05. The Labute approximate surface area is 72.4 Å². The smallest absolute Gasteiger partial charge is 0.0391 e. The minimum Gasteiger partial charge on any atom is -0.0654 e. The van der Waals surface area contributed by atoms with Crippen molar-refractivity contribution < 1.29 is 0 Å². The monoisotopic (exact) mass is 155 g/mol. The molecule has 0 aliphatic heterocycles. The lowest BCUT2D eigenvalue weighted by molar-refractivity contribution is 0.322. The Morgan fingerprint density at radius 3 is 2.27 bits per heavy atom. The summed E-state index contributed by atoms with van der Waals surface area (Å²) in [6.07, 6.45) is 6.52. The molecule has 0 heteroatoms. The van der Waals surface area contributed by atoms with Gasteiger partial charge in [-0.25, -0.2) is 0 Å². The fraction of sp³-hybridized carbons (Fsp3) is 0.909. The molecule has 2 unspecified atom stereocenters. The summed E-state index contributed by atoms with van der Waals surface area (Å²) in [5, 5.41) is 0. The van der Waals surface area contributed by atoms with Crippen LogP contribution in [0.1, 0.15) is 52.9 Å². The molecule has 0 spiro atoms. The second-order valence-electron chi connectivity index (χ2n) is 3.58. The van der Waals surface area contributed by atoms with Crippen molar-refractivity contribution in [3.05, 3.63) is 6.92 Å². The Morgan fingerprint density at radius 2 is 1.91 bits per heavy atom. The van der Waals surface area contributed by atoms with Gasteiger partial charge in [0.15, 0.2) is 0 Å². The second-order valence-corrected chi connectivity index (χ2v) is 3.58. The molecule has 0 aromatic rings. The van der Waals surface area contributed by atoms with Gasteiger partial charge >= 0.3 is 0 Å². The largest absolute Gasteiger partial charge is 0.0654 e. The van der Waals surface area contributed by atoms with Crippen LogP contribution in [0.2, 0.25) is 0 Å².